The summed E-state index contributed by atoms with van der Waals surface area (Å²) in [5, 5.41) is 0.337. The highest BCUT2D eigenvalue weighted by Crippen LogP contribution is 2.26. The number of halogens is 2. The molecule has 0 aromatic heterocycles. The Morgan fingerprint density at radius 3 is 2.35 bits per heavy atom. The minimum Gasteiger partial charge on any atom is -0.293 e. The molecule has 0 unspecified atom stereocenters. The van der Waals surface area contributed by atoms with Crippen LogP contribution in [-0.2, 0) is 0 Å². The van der Waals surface area contributed by atoms with Crippen molar-refractivity contribution in [2.24, 2.45) is 0 Å². The molecular weight excluding hydrogens is 344 g/mol. The van der Waals surface area contributed by atoms with E-state index in [0.717, 1.165) is 15.6 Å². The summed E-state index contributed by atoms with van der Waals surface area (Å²) < 4.78 is 0.835. The molecular formula is C14H10Br2O. The van der Waals surface area contributed by atoms with Gasteiger partial charge < -0.3 is 0 Å². The van der Waals surface area contributed by atoms with Gasteiger partial charge in [-0.1, -0.05) is 68.3 Å². The number of benzene rings is 2. The first-order valence-corrected chi connectivity index (χ1v) is 7.08. The van der Waals surface area contributed by atoms with Crippen molar-refractivity contribution >= 4 is 37.6 Å². The van der Waals surface area contributed by atoms with Crippen LogP contribution < -0.4 is 0 Å². The fourth-order valence-corrected chi connectivity index (χ4v) is 2.39. The molecule has 0 aliphatic heterocycles. The molecule has 17 heavy (non-hydrogen) atoms. The van der Waals surface area contributed by atoms with E-state index >= 15 is 0 Å². The van der Waals surface area contributed by atoms with Gasteiger partial charge >= 0.3 is 0 Å². The number of hydrogen-bond acceptors (Lipinski definition) is 1. The average molecular weight is 354 g/mol. The lowest BCUT2D eigenvalue weighted by Crippen LogP contribution is -2.01. The van der Waals surface area contributed by atoms with Crippen molar-refractivity contribution in [2.45, 2.75) is 0 Å². The van der Waals surface area contributed by atoms with Crippen LogP contribution >= 0.6 is 31.9 Å². The van der Waals surface area contributed by atoms with E-state index in [0.29, 0.717) is 10.9 Å². The van der Waals surface area contributed by atoms with Crippen LogP contribution in [0.4, 0.5) is 0 Å². The monoisotopic (exact) mass is 352 g/mol. The van der Waals surface area contributed by atoms with Gasteiger partial charge in [0.05, 0.1) is 5.33 Å². The van der Waals surface area contributed by atoms with Crippen molar-refractivity contribution in [3.8, 4) is 11.1 Å². The summed E-state index contributed by atoms with van der Waals surface area (Å²) in [5.41, 5.74) is 2.88. The van der Waals surface area contributed by atoms with E-state index in [1.54, 1.807) is 0 Å². The van der Waals surface area contributed by atoms with E-state index in [1.807, 2.05) is 48.5 Å². The fourth-order valence-electron chi connectivity index (χ4n) is 1.62. The largest absolute Gasteiger partial charge is 0.293 e. The van der Waals surface area contributed by atoms with E-state index in [9.17, 15) is 4.79 Å². The maximum Gasteiger partial charge on any atom is 0.174 e. The van der Waals surface area contributed by atoms with Crippen molar-refractivity contribution in [1.29, 1.82) is 0 Å². The van der Waals surface area contributed by atoms with Crippen molar-refractivity contribution in [2.75, 3.05) is 5.33 Å². The van der Waals surface area contributed by atoms with E-state index < -0.39 is 0 Å². The van der Waals surface area contributed by atoms with Gasteiger partial charge in [0, 0.05) is 10.0 Å². The lowest BCUT2D eigenvalue weighted by atomic mass is 10.0. The Morgan fingerprint density at radius 1 is 1.00 bits per heavy atom. The zero-order valence-electron chi connectivity index (χ0n) is 8.99. The van der Waals surface area contributed by atoms with Crippen LogP contribution in [0.1, 0.15) is 10.4 Å². The molecule has 0 saturated carbocycles. The second kappa shape index (κ2) is 5.61. The number of hydrogen-bond donors (Lipinski definition) is 0. The molecule has 1 nitrogen and oxygen atoms in total. The third kappa shape index (κ3) is 2.85. The van der Waals surface area contributed by atoms with Crippen molar-refractivity contribution in [3.05, 3.63) is 58.6 Å². The number of carbonyl (C=O) groups excluding carboxylic acids is 1. The van der Waals surface area contributed by atoms with Gasteiger partial charge in [-0.2, -0.15) is 0 Å². The van der Waals surface area contributed by atoms with Gasteiger partial charge in [0.2, 0.25) is 0 Å². The Hall–Kier alpha value is -0.930. The summed E-state index contributed by atoms with van der Waals surface area (Å²) >= 11 is 6.60. The Labute approximate surface area is 117 Å². The van der Waals surface area contributed by atoms with Crippen LogP contribution in [0.3, 0.4) is 0 Å². The number of ketones is 1. The summed E-state index contributed by atoms with van der Waals surface area (Å²) in [6.45, 7) is 0. The van der Waals surface area contributed by atoms with Gasteiger partial charge in [0.1, 0.15) is 0 Å². The molecule has 2 aromatic rings. The highest BCUT2D eigenvalue weighted by Gasteiger charge is 2.10. The molecule has 0 N–H and O–H groups in total. The minimum atomic E-state index is 0.0784. The molecule has 2 rings (SSSR count). The second-order valence-electron chi connectivity index (χ2n) is 3.62. The molecule has 0 spiro atoms. The van der Waals surface area contributed by atoms with E-state index in [4.69, 9.17) is 0 Å². The van der Waals surface area contributed by atoms with Crippen molar-refractivity contribution in [3.63, 3.8) is 0 Å². The Balaban J connectivity index is 2.48. The van der Waals surface area contributed by atoms with Gasteiger partial charge in [-0.05, 0) is 23.3 Å². The standard InChI is InChI=1S/C14H10Br2O/c15-9-14(17)12-8-11(6-7-13(12)16)10-4-2-1-3-5-10/h1-8H,9H2. The molecule has 0 amide bonds. The average Bonchev–Trinajstić information content (AvgIpc) is 2.39. The Morgan fingerprint density at radius 2 is 1.71 bits per heavy atom. The second-order valence-corrected chi connectivity index (χ2v) is 5.03. The predicted molar refractivity (Wildman–Crippen MR) is 77.7 cm³/mol. The van der Waals surface area contributed by atoms with Crippen LogP contribution in [-0.4, -0.2) is 11.1 Å². The molecule has 0 atom stereocenters. The summed E-state index contributed by atoms with van der Waals surface area (Å²) in [6.07, 6.45) is 0. The summed E-state index contributed by atoms with van der Waals surface area (Å²) in [7, 11) is 0. The maximum absolute atomic E-state index is 11.7. The van der Waals surface area contributed by atoms with Crippen molar-refractivity contribution < 1.29 is 4.79 Å². The van der Waals surface area contributed by atoms with Gasteiger partial charge in [-0.3, -0.25) is 4.79 Å². The number of Topliss-reactive ketones (excluding diaryl/α,β-unsaturated/α-hetero) is 1. The summed E-state index contributed by atoms with van der Waals surface area (Å²) in [5.74, 6) is 0.0784. The number of carbonyl (C=O) groups is 1. The molecule has 0 heterocycles. The van der Waals surface area contributed by atoms with E-state index in [-0.39, 0.29) is 5.78 Å². The summed E-state index contributed by atoms with van der Waals surface area (Å²) in [4.78, 5) is 11.7. The van der Waals surface area contributed by atoms with E-state index in [1.165, 1.54) is 0 Å². The zero-order valence-corrected chi connectivity index (χ0v) is 12.2. The lowest BCUT2D eigenvalue weighted by Gasteiger charge is -2.06. The Kier molecular flexibility index (Phi) is 4.13. The normalized spacial score (nSPS) is 10.2. The highest BCUT2D eigenvalue weighted by molar-refractivity contribution is 9.10. The molecule has 0 radical (unpaired) electrons. The first kappa shape index (κ1) is 12.5. The van der Waals surface area contributed by atoms with Crippen LogP contribution in [0.25, 0.3) is 11.1 Å². The number of alkyl halides is 1. The maximum atomic E-state index is 11.7. The molecule has 0 saturated heterocycles. The molecule has 3 heteroatoms. The molecule has 0 aliphatic rings. The smallest absolute Gasteiger partial charge is 0.174 e. The molecule has 2 aromatic carbocycles. The van der Waals surface area contributed by atoms with Gasteiger partial charge in [-0.25, -0.2) is 0 Å². The molecule has 86 valence electrons. The van der Waals surface area contributed by atoms with Crippen LogP contribution in [0.15, 0.2) is 53.0 Å². The highest BCUT2D eigenvalue weighted by atomic mass is 79.9. The molecule has 0 fully saturated rings. The first-order chi connectivity index (χ1) is 8.22. The SMILES string of the molecule is O=C(CBr)c1cc(-c2ccccc2)ccc1Br. The van der Waals surface area contributed by atoms with E-state index in [2.05, 4.69) is 31.9 Å². The molecule has 0 bridgehead atoms. The summed E-state index contributed by atoms with van der Waals surface area (Å²) in [6, 6.07) is 15.9. The van der Waals surface area contributed by atoms with Gasteiger partial charge in [-0.15, -0.1) is 0 Å². The topological polar surface area (TPSA) is 17.1 Å². The fraction of sp³-hybridized carbons (Fsp3) is 0.0714. The lowest BCUT2D eigenvalue weighted by molar-refractivity contribution is 0.102. The quantitative estimate of drug-likeness (QED) is 0.577. The van der Waals surface area contributed by atoms with Crippen LogP contribution in [0.5, 0.6) is 0 Å². The minimum absolute atomic E-state index is 0.0784. The molecule has 0 aliphatic carbocycles. The third-order valence-corrected chi connectivity index (χ3v) is 3.70. The number of rotatable bonds is 3. The first-order valence-electron chi connectivity index (χ1n) is 5.16. The van der Waals surface area contributed by atoms with Crippen LogP contribution in [0.2, 0.25) is 0 Å². The third-order valence-electron chi connectivity index (χ3n) is 2.50. The van der Waals surface area contributed by atoms with Gasteiger partial charge in [0.15, 0.2) is 5.78 Å². The predicted octanol–water partition coefficient (Wildman–Crippen LogP) is 4.69. The van der Waals surface area contributed by atoms with Crippen molar-refractivity contribution in [1.82, 2.24) is 0 Å². The van der Waals surface area contributed by atoms with Crippen LogP contribution in [0, 0.1) is 0 Å². The Bertz CT molecular complexity index is 535. The zero-order chi connectivity index (χ0) is 12.3. The van der Waals surface area contributed by atoms with Gasteiger partial charge in [0.25, 0.3) is 0 Å².